The van der Waals surface area contributed by atoms with Gasteiger partial charge in [-0.1, -0.05) is 0 Å². The Hall–Kier alpha value is -2.31. The van der Waals surface area contributed by atoms with Gasteiger partial charge in [-0.3, -0.25) is 14.9 Å². The van der Waals surface area contributed by atoms with Gasteiger partial charge in [-0.15, -0.1) is 0 Å². The highest BCUT2D eigenvalue weighted by molar-refractivity contribution is 5.95. The molecular weight excluding hydrogens is 348 g/mol. The van der Waals surface area contributed by atoms with E-state index in [-0.39, 0.29) is 17.9 Å². The second-order valence-electron chi connectivity index (χ2n) is 8.57. The number of urea groups is 1. The Morgan fingerprint density at radius 1 is 1.11 bits per heavy atom. The zero-order chi connectivity index (χ0) is 18.9. The van der Waals surface area contributed by atoms with Crippen LogP contribution in [0.15, 0.2) is 22.8 Å². The van der Waals surface area contributed by atoms with Gasteiger partial charge in [0.1, 0.15) is 5.76 Å². The number of carbonyl (C=O) groups excluding carboxylic acids is 3. The van der Waals surface area contributed by atoms with Crippen LogP contribution in [0, 0.1) is 23.2 Å². The number of nitrogens with one attached hydrogen (secondary N) is 2. The summed E-state index contributed by atoms with van der Waals surface area (Å²) in [6.45, 7) is -0.253. The summed E-state index contributed by atoms with van der Waals surface area (Å²) in [6.07, 6.45) is 9.23. The van der Waals surface area contributed by atoms with E-state index in [0.29, 0.717) is 12.2 Å². The molecule has 146 valence electrons. The molecule has 4 aliphatic carbocycles. The first-order chi connectivity index (χ1) is 13.0. The fourth-order valence-electron chi connectivity index (χ4n) is 5.80. The quantitative estimate of drug-likeness (QED) is 0.746. The first kappa shape index (κ1) is 18.1. The standard InChI is InChI=1S/C20H26N2O5/c23-17(22-19(25)21-11-16-2-1-3-26-16)12-27-18(24)10-20-7-13-4-14(8-20)6-15(5-13)9-20/h1-3,13-15H,4-12H2,(H2,21,22,23,25). The van der Waals surface area contributed by atoms with E-state index in [0.717, 1.165) is 37.0 Å². The molecule has 0 radical (unpaired) electrons. The molecule has 0 unspecified atom stereocenters. The minimum absolute atomic E-state index is 0.0860. The second kappa shape index (κ2) is 7.37. The number of furan rings is 1. The van der Waals surface area contributed by atoms with E-state index < -0.39 is 18.5 Å². The summed E-state index contributed by atoms with van der Waals surface area (Å²) in [5, 5.41) is 4.65. The van der Waals surface area contributed by atoms with Crippen molar-refractivity contribution in [1.82, 2.24) is 10.6 Å². The topological polar surface area (TPSA) is 97.6 Å². The molecule has 1 aromatic heterocycles. The minimum Gasteiger partial charge on any atom is -0.467 e. The third-order valence-electron chi connectivity index (χ3n) is 6.30. The molecular formula is C20H26N2O5. The van der Waals surface area contributed by atoms with Crippen LogP contribution >= 0.6 is 0 Å². The minimum atomic E-state index is -0.645. The predicted octanol–water partition coefficient (Wildman–Crippen LogP) is 2.76. The van der Waals surface area contributed by atoms with Crippen molar-refractivity contribution in [3.63, 3.8) is 0 Å². The van der Waals surface area contributed by atoms with Crippen molar-refractivity contribution < 1.29 is 23.5 Å². The maximum atomic E-state index is 12.3. The summed E-state index contributed by atoms with van der Waals surface area (Å²) in [4.78, 5) is 35.8. The van der Waals surface area contributed by atoms with Gasteiger partial charge in [0.15, 0.2) is 6.61 Å². The van der Waals surface area contributed by atoms with Crippen molar-refractivity contribution in [2.24, 2.45) is 23.2 Å². The molecule has 0 aromatic carbocycles. The lowest BCUT2D eigenvalue weighted by Crippen LogP contribution is -2.47. The van der Waals surface area contributed by atoms with E-state index in [1.807, 2.05) is 0 Å². The molecule has 7 nitrogen and oxygen atoms in total. The van der Waals surface area contributed by atoms with E-state index in [4.69, 9.17) is 9.15 Å². The third-order valence-corrected chi connectivity index (χ3v) is 6.30. The Balaban J connectivity index is 1.18. The van der Waals surface area contributed by atoms with E-state index in [2.05, 4.69) is 10.6 Å². The van der Waals surface area contributed by atoms with Gasteiger partial charge in [0.05, 0.1) is 19.2 Å². The Labute approximate surface area is 158 Å². The highest BCUT2D eigenvalue weighted by Gasteiger charge is 2.51. The van der Waals surface area contributed by atoms with Gasteiger partial charge in [-0.25, -0.2) is 4.79 Å². The van der Waals surface area contributed by atoms with Crippen molar-refractivity contribution >= 4 is 17.9 Å². The van der Waals surface area contributed by atoms with Crippen LogP contribution in [-0.2, 0) is 20.9 Å². The molecule has 2 N–H and O–H groups in total. The maximum Gasteiger partial charge on any atom is 0.321 e. The van der Waals surface area contributed by atoms with Gasteiger partial charge in [-0.05, 0) is 73.8 Å². The van der Waals surface area contributed by atoms with E-state index in [1.165, 1.54) is 25.5 Å². The Morgan fingerprint density at radius 2 is 1.78 bits per heavy atom. The van der Waals surface area contributed by atoms with Crippen molar-refractivity contribution in [3.05, 3.63) is 24.2 Å². The Bertz CT molecular complexity index is 677. The highest BCUT2D eigenvalue weighted by atomic mass is 16.5. The van der Waals surface area contributed by atoms with Gasteiger partial charge in [-0.2, -0.15) is 0 Å². The van der Waals surface area contributed by atoms with Crippen LogP contribution in [0.2, 0.25) is 0 Å². The number of imide groups is 1. The molecule has 1 heterocycles. The molecule has 7 heteroatoms. The molecule has 1 aromatic rings. The van der Waals surface area contributed by atoms with Crippen LogP contribution in [0.5, 0.6) is 0 Å². The summed E-state index contributed by atoms with van der Waals surface area (Å²) >= 11 is 0. The lowest BCUT2D eigenvalue weighted by atomic mass is 9.49. The normalized spacial score (nSPS) is 30.7. The third kappa shape index (κ3) is 4.34. The lowest BCUT2D eigenvalue weighted by Gasteiger charge is -2.56. The van der Waals surface area contributed by atoms with Crippen molar-refractivity contribution in [2.75, 3.05) is 6.61 Å². The number of hydrogen-bond acceptors (Lipinski definition) is 5. The average molecular weight is 374 g/mol. The molecule has 4 aliphatic rings. The van der Waals surface area contributed by atoms with Gasteiger partial charge < -0.3 is 14.5 Å². The monoisotopic (exact) mass is 374 g/mol. The second-order valence-corrected chi connectivity index (χ2v) is 8.57. The number of esters is 1. The maximum absolute atomic E-state index is 12.3. The van der Waals surface area contributed by atoms with Crippen molar-refractivity contribution in [3.8, 4) is 0 Å². The van der Waals surface area contributed by atoms with Crippen LogP contribution < -0.4 is 10.6 Å². The Kier molecular flexibility index (Phi) is 4.93. The highest BCUT2D eigenvalue weighted by Crippen LogP contribution is 2.61. The largest absolute Gasteiger partial charge is 0.467 e. The zero-order valence-electron chi connectivity index (χ0n) is 15.4. The molecule has 4 fully saturated rings. The van der Waals surface area contributed by atoms with E-state index >= 15 is 0 Å². The predicted molar refractivity (Wildman–Crippen MR) is 95.3 cm³/mol. The lowest BCUT2D eigenvalue weighted by molar-refractivity contribution is -0.155. The number of ether oxygens (including phenoxy) is 1. The first-order valence-corrected chi connectivity index (χ1v) is 9.75. The summed E-state index contributed by atoms with van der Waals surface area (Å²) < 4.78 is 10.2. The fraction of sp³-hybridized carbons (Fsp3) is 0.650. The van der Waals surface area contributed by atoms with Gasteiger partial charge in [0, 0.05) is 0 Å². The van der Waals surface area contributed by atoms with Crippen LogP contribution in [0.1, 0.15) is 50.7 Å². The van der Waals surface area contributed by atoms with Gasteiger partial charge in [0.2, 0.25) is 0 Å². The van der Waals surface area contributed by atoms with Crippen molar-refractivity contribution in [2.45, 2.75) is 51.5 Å². The van der Waals surface area contributed by atoms with Crippen LogP contribution in [0.25, 0.3) is 0 Å². The summed E-state index contributed by atoms with van der Waals surface area (Å²) in [5.41, 5.74) is 0.0860. The van der Waals surface area contributed by atoms with Crippen LogP contribution in [-0.4, -0.2) is 24.5 Å². The summed E-state index contributed by atoms with van der Waals surface area (Å²) in [5.74, 6) is 1.93. The fourth-order valence-corrected chi connectivity index (χ4v) is 5.80. The van der Waals surface area contributed by atoms with E-state index in [1.54, 1.807) is 12.1 Å². The average Bonchev–Trinajstić information content (AvgIpc) is 3.10. The van der Waals surface area contributed by atoms with Gasteiger partial charge in [0.25, 0.3) is 5.91 Å². The Morgan fingerprint density at radius 3 is 2.37 bits per heavy atom. The van der Waals surface area contributed by atoms with Crippen molar-refractivity contribution in [1.29, 1.82) is 0 Å². The first-order valence-electron chi connectivity index (χ1n) is 9.75. The molecule has 4 saturated carbocycles. The molecule has 4 bridgehead atoms. The van der Waals surface area contributed by atoms with Crippen LogP contribution in [0.3, 0.4) is 0 Å². The molecule has 0 spiro atoms. The van der Waals surface area contributed by atoms with Crippen LogP contribution in [0.4, 0.5) is 4.79 Å². The smallest absolute Gasteiger partial charge is 0.321 e. The number of hydrogen-bond donors (Lipinski definition) is 2. The summed E-state index contributed by atoms with van der Waals surface area (Å²) in [6, 6.07) is 2.78. The molecule has 3 amide bonds. The molecule has 5 rings (SSSR count). The van der Waals surface area contributed by atoms with E-state index in [9.17, 15) is 14.4 Å². The van der Waals surface area contributed by atoms with Gasteiger partial charge >= 0.3 is 12.0 Å². The number of rotatable bonds is 6. The number of amides is 3. The number of carbonyl (C=O) groups is 3. The zero-order valence-corrected chi connectivity index (χ0v) is 15.4. The SMILES string of the molecule is O=C(COC(=O)CC12CC3CC(CC(C3)C1)C2)NC(=O)NCc1ccco1. The molecule has 0 atom stereocenters. The molecule has 0 aliphatic heterocycles. The summed E-state index contributed by atoms with van der Waals surface area (Å²) in [7, 11) is 0. The molecule has 27 heavy (non-hydrogen) atoms. The molecule has 0 saturated heterocycles.